The highest BCUT2D eigenvalue weighted by molar-refractivity contribution is 9.10. The van der Waals surface area contributed by atoms with Crippen molar-refractivity contribution >= 4 is 27.6 Å². The zero-order valence-corrected chi connectivity index (χ0v) is 13.6. The Morgan fingerprint density at radius 3 is 2.55 bits per heavy atom. The number of aliphatic hydroxyl groups is 1. The Hall–Kier alpha value is -1.11. The molecule has 1 aromatic carbocycles. The van der Waals surface area contributed by atoms with Gasteiger partial charge in [0.05, 0.1) is 11.3 Å². The summed E-state index contributed by atoms with van der Waals surface area (Å²) in [7, 11) is 0. The van der Waals surface area contributed by atoms with E-state index < -0.39 is 12.3 Å². The van der Waals surface area contributed by atoms with Crippen LogP contribution < -0.4 is 5.73 Å². The summed E-state index contributed by atoms with van der Waals surface area (Å²) >= 11 is 3.35. The lowest BCUT2D eigenvalue weighted by Gasteiger charge is -2.20. The molecule has 1 atom stereocenters. The topological polar surface area (TPSA) is 75.8 Å². The number of nitrogens with two attached hydrogens (primary N) is 1. The normalized spacial score (nSPS) is 12.5. The molecule has 0 fully saturated rings. The van der Waals surface area contributed by atoms with Gasteiger partial charge in [0.1, 0.15) is 0 Å². The van der Waals surface area contributed by atoms with Crippen LogP contribution in [0.5, 0.6) is 0 Å². The predicted molar refractivity (Wildman–Crippen MR) is 82.3 cm³/mol. The molecule has 0 amide bonds. The van der Waals surface area contributed by atoms with Crippen LogP contribution in [0.4, 0.5) is 5.69 Å². The maximum Gasteiger partial charge on any atom is 0.340 e. The average Bonchev–Trinajstić information content (AvgIpc) is 2.39. The number of hydrogen-bond acceptors (Lipinski definition) is 5. The highest BCUT2D eigenvalue weighted by Gasteiger charge is 2.15. The first-order valence-electron chi connectivity index (χ1n) is 6.58. The minimum Gasteiger partial charge on any atom is -0.433 e. The van der Waals surface area contributed by atoms with Crippen LogP contribution in [0.15, 0.2) is 16.6 Å². The van der Waals surface area contributed by atoms with Crippen LogP contribution in [0.3, 0.4) is 0 Å². The zero-order chi connectivity index (χ0) is 15.3. The lowest BCUT2D eigenvalue weighted by molar-refractivity contribution is -0.0523. The maximum absolute atomic E-state index is 11.8. The summed E-state index contributed by atoms with van der Waals surface area (Å²) in [5.74, 6) is -0.568. The van der Waals surface area contributed by atoms with Crippen LogP contribution in [0, 0.1) is 0 Å². The molecule has 0 aliphatic carbocycles. The molecule has 1 rings (SSSR count). The molecule has 112 valence electrons. The number of carbonyl (C=O) groups excluding carboxylic acids is 1. The number of halogens is 1. The van der Waals surface area contributed by atoms with Crippen molar-refractivity contribution < 1.29 is 14.6 Å². The minimum atomic E-state index is -1.13. The molecule has 0 radical (unpaired) electrons. The lowest BCUT2D eigenvalue weighted by atomic mass is 10.1. The fraction of sp³-hybridized carbons (Fsp3) is 0.500. The van der Waals surface area contributed by atoms with Crippen molar-refractivity contribution in [1.29, 1.82) is 0 Å². The molecule has 0 heterocycles. The molecule has 0 aliphatic rings. The van der Waals surface area contributed by atoms with Gasteiger partial charge in [0.15, 0.2) is 6.29 Å². The van der Waals surface area contributed by atoms with E-state index in [1.54, 1.807) is 12.1 Å². The first kappa shape index (κ1) is 16.9. The first-order chi connectivity index (χ1) is 9.38. The van der Waals surface area contributed by atoms with E-state index in [4.69, 9.17) is 15.6 Å². The molecule has 6 heteroatoms. The van der Waals surface area contributed by atoms with Crippen molar-refractivity contribution in [3.05, 3.63) is 27.7 Å². The van der Waals surface area contributed by atoms with Gasteiger partial charge in [-0.15, -0.1) is 0 Å². The van der Waals surface area contributed by atoms with Crippen LogP contribution >= 0.6 is 15.9 Å². The second-order valence-corrected chi connectivity index (χ2v) is 5.35. The molecule has 1 unspecified atom stereocenters. The third-order valence-corrected chi connectivity index (χ3v) is 3.67. The molecule has 20 heavy (non-hydrogen) atoms. The molecular formula is C14H21BrN2O3. The number of esters is 1. The quantitative estimate of drug-likeness (QED) is 0.470. The fourth-order valence-corrected chi connectivity index (χ4v) is 2.34. The van der Waals surface area contributed by atoms with Crippen molar-refractivity contribution in [2.24, 2.45) is 0 Å². The van der Waals surface area contributed by atoms with E-state index in [2.05, 4.69) is 34.7 Å². The van der Waals surface area contributed by atoms with E-state index in [0.29, 0.717) is 22.3 Å². The molecule has 5 nitrogen and oxygen atoms in total. The van der Waals surface area contributed by atoms with E-state index in [9.17, 15) is 4.79 Å². The summed E-state index contributed by atoms with van der Waals surface area (Å²) in [4.78, 5) is 14.0. The number of carbonyl (C=O) groups is 1. The first-order valence-corrected chi connectivity index (χ1v) is 7.37. The Kier molecular flexibility index (Phi) is 6.45. The van der Waals surface area contributed by atoms with Gasteiger partial charge in [-0.05, 0) is 53.6 Å². The third-order valence-electron chi connectivity index (χ3n) is 3.02. The molecule has 0 aliphatic heterocycles. The maximum atomic E-state index is 11.8. The van der Waals surface area contributed by atoms with Crippen molar-refractivity contribution in [2.45, 2.75) is 33.6 Å². The largest absolute Gasteiger partial charge is 0.433 e. The number of rotatable bonds is 6. The van der Waals surface area contributed by atoms with Gasteiger partial charge < -0.3 is 15.6 Å². The molecule has 0 spiro atoms. The van der Waals surface area contributed by atoms with Gasteiger partial charge in [-0.25, -0.2) is 4.79 Å². The molecule has 0 saturated heterocycles. The van der Waals surface area contributed by atoms with E-state index in [1.165, 1.54) is 6.92 Å². The second-order valence-electron chi connectivity index (χ2n) is 4.50. The number of aliphatic hydroxyl groups excluding tert-OH is 1. The Morgan fingerprint density at radius 2 is 2.05 bits per heavy atom. The van der Waals surface area contributed by atoms with Crippen molar-refractivity contribution in [1.82, 2.24) is 4.90 Å². The monoisotopic (exact) mass is 344 g/mol. The molecule has 1 aromatic rings. The Balaban J connectivity index is 3.06. The summed E-state index contributed by atoms with van der Waals surface area (Å²) in [5, 5.41) is 9.11. The number of hydrogen-bond donors (Lipinski definition) is 2. The van der Waals surface area contributed by atoms with Crippen LogP contribution in [0.25, 0.3) is 0 Å². The average molecular weight is 345 g/mol. The van der Waals surface area contributed by atoms with Crippen molar-refractivity contribution in [3.8, 4) is 0 Å². The van der Waals surface area contributed by atoms with Gasteiger partial charge in [-0.2, -0.15) is 0 Å². The smallest absolute Gasteiger partial charge is 0.340 e. The molecule has 0 saturated carbocycles. The summed E-state index contributed by atoms with van der Waals surface area (Å²) in [5.41, 5.74) is 7.88. The van der Waals surface area contributed by atoms with Gasteiger partial charge >= 0.3 is 5.97 Å². The van der Waals surface area contributed by atoms with Gasteiger partial charge in [-0.1, -0.05) is 13.8 Å². The third kappa shape index (κ3) is 4.47. The van der Waals surface area contributed by atoms with Gasteiger partial charge in [-0.3, -0.25) is 4.90 Å². The molecule has 0 aromatic heterocycles. The summed E-state index contributed by atoms with van der Waals surface area (Å²) in [6.45, 7) is 7.99. The number of nitrogens with zero attached hydrogens (tertiary/aromatic N) is 1. The number of ether oxygens (including phenoxy) is 1. The molecular weight excluding hydrogens is 324 g/mol. The molecule has 0 bridgehead atoms. The Bertz CT molecular complexity index is 474. The standard InChI is InChI=1S/C14H21BrN2O3/c1-4-17(5-2)8-11-6-10(7-12(15)13(11)16)14(19)20-9(3)18/h6-7,9,18H,4-5,8,16H2,1-3H3. The van der Waals surface area contributed by atoms with Gasteiger partial charge in [0.25, 0.3) is 0 Å². The number of benzene rings is 1. The van der Waals surface area contributed by atoms with Crippen LogP contribution in [0.2, 0.25) is 0 Å². The predicted octanol–water partition coefficient (Wildman–Crippen LogP) is 2.37. The van der Waals surface area contributed by atoms with Crippen LogP contribution in [0.1, 0.15) is 36.7 Å². The van der Waals surface area contributed by atoms with Crippen LogP contribution in [-0.2, 0) is 11.3 Å². The van der Waals surface area contributed by atoms with E-state index in [1.807, 2.05) is 0 Å². The highest BCUT2D eigenvalue weighted by Crippen LogP contribution is 2.27. The van der Waals surface area contributed by atoms with E-state index in [-0.39, 0.29) is 0 Å². The van der Waals surface area contributed by atoms with E-state index in [0.717, 1.165) is 18.7 Å². The number of anilines is 1. The molecule has 3 N–H and O–H groups in total. The van der Waals surface area contributed by atoms with E-state index >= 15 is 0 Å². The zero-order valence-electron chi connectivity index (χ0n) is 12.0. The summed E-state index contributed by atoms with van der Waals surface area (Å²) < 4.78 is 5.44. The lowest BCUT2D eigenvalue weighted by Crippen LogP contribution is -2.23. The Morgan fingerprint density at radius 1 is 1.45 bits per heavy atom. The Labute approximate surface area is 127 Å². The highest BCUT2D eigenvalue weighted by atomic mass is 79.9. The fourth-order valence-electron chi connectivity index (χ4n) is 1.83. The summed E-state index contributed by atoms with van der Waals surface area (Å²) in [6.07, 6.45) is -1.13. The van der Waals surface area contributed by atoms with Gasteiger partial charge in [0, 0.05) is 11.0 Å². The van der Waals surface area contributed by atoms with Gasteiger partial charge in [0.2, 0.25) is 0 Å². The van der Waals surface area contributed by atoms with Crippen LogP contribution in [-0.4, -0.2) is 35.4 Å². The van der Waals surface area contributed by atoms with Crippen molar-refractivity contribution in [3.63, 3.8) is 0 Å². The minimum absolute atomic E-state index is 0.370. The SMILES string of the molecule is CCN(CC)Cc1cc(C(=O)OC(C)O)cc(Br)c1N. The van der Waals surface area contributed by atoms with Crippen molar-refractivity contribution in [2.75, 3.05) is 18.8 Å². The second kappa shape index (κ2) is 7.61. The number of nitrogen functional groups attached to an aromatic ring is 1. The summed E-state index contributed by atoms with van der Waals surface area (Å²) in [6, 6.07) is 3.31.